The average molecular weight is 642 g/mol. The summed E-state index contributed by atoms with van der Waals surface area (Å²) in [6.45, 7) is 8.49. The lowest BCUT2D eigenvalue weighted by molar-refractivity contribution is -0.202. The number of carbonyl (C=O) groups is 2. The van der Waals surface area contributed by atoms with Gasteiger partial charge in [0, 0.05) is 44.9 Å². The Morgan fingerprint density at radius 2 is 1.81 bits per heavy atom. The summed E-state index contributed by atoms with van der Waals surface area (Å²) in [5.74, 6) is 0.690. The fraction of sp³-hybridized carbons (Fsp3) is 0.441. The van der Waals surface area contributed by atoms with Crippen molar-refractivity contribution >= 4 is 46.8 Å². The summed E-state index contributed by atoms with van der Waals surface area (Å²) in [5, 5.41) is 1.23. The van der Waals surface area contributed by atoms with Crippen molar-refractivity contribution in [2.45, 2.75) is 75.5 Å². The number of halogens is 2. The zero-order valence-corrected chi connectivity index (χ0v) is 27.5. The van der Waals surface area contributed by atoms with Crippen LogP contribution in [0.15, 0.2) is 66.9 Å². The molecule has 0 N–H and O–H groups in total. The molecule has 2 aliphatic rings. The Morgan fingerprint density at radius 3 is 2.40 bits per heavy atom. The van der Waals surface area contributed by atoms with E-state index in [0.29, 0.717) is 27.2 Å². The number of nitrogens with zero attached hydrogens (tertiary/aromatic N) is 2. The molecule has 0 radical (unpaired) electrons. The van der Waals surface area contributed by atoms with Crippen LogP contribution in [0.3, 0.4) is 0 Å². The maximum atomic E-state index is 14.9. The first kappa shape index (κ1) is 31.8. The summed E-state index contributed by atoms with van der Waals surface area (Å²) in [7, 11) is 1.34. The number of ether oxygens (including phenoxy) is 2. The van der Waals surface area contributed by atoms with Crippen molar-refractivity contribution in [1.29, 1.82) is 0 Å². The van der Waals surface area contributed by atoms with Gasteiger partial charge in [-0.25, -0.2) is 4.79 Å². The third kappa shape index (κ3) is 7.39. The number of rotatable bonds is 9. The molecule has 228 valence electrons. The summed E-state index contributed by atoms with van der Waals surface area (Å²) in [6, 6.07) is 18.4. The van der Waals surface area contributed by atoms with Crippen LogP contribution in [0.5, 0.6) is 0 Å². The fourth-order valence-corrected chi connectivity index (χ4v) is 7.15. The first-order chi connectivity index (χ1) is 20.4. The van der Waals surface area contributed by atoms with Gasteiger partial charge in [0.05, 0.1) is 18.7 Å². The molecule has 1 aliphatic carbocycles. The molecule has 1 aliphatic heterocycles. The van der Waals surface area contributed by atoms with Crippen molar-refractivity contribution in [3.63, 3.8) is 0 Å². The molecule has 4 atom stereocenters. The van der Waals surface area contributed by atoms with Crippen LogP contribution >= 0.6 is 35.0 Å². The zero-order chi connectivity index (χ0) is 30.9. The van der Waals surface area contributed by atoms with E-state index in [4.69, 9.17) is 32.7 Å². The predicted molar refractivity (Wildman–Crippen MR) is 173 cm³/mol. The van der Waals surface area contributed by atoms with Crippen molar-refractivity contribution < 1.29 is 19.1 Å². The number of aromatic nitrogens is 1. The van der Waals surface area contributed by atoms with E-state index in [1.807, 2.05) is 67.2 Å². The Kier molecular flexibility index (Phi) is 9.48. The van der Waals surface area contributed by atoms with Gasteiger partial charge in [-0.3, -0.25) is 9.78 Å². The number of hydrogen-bond acceptors (Lipinski definition) is 6. The highest BCUT2D eigenvalue weighted by Gasteiger charge is 2.55. The minimum Gasteiger partial charge on any atom is -0.465 e. The molecule has 9 heteroatoms. The van der Waals surface area contributed by atoms with Crippen LogP contribution in [-0.4, -0.2) is 51.0 Å². The maximum Gasteiger partial charge on any atom is 0.339 e. The van der Waals surface area contributed by atoms with Crippen LogP contribution in [-0.2, 0) is 20.7 Å². The van der Waals surface area contributed by atoms with E-state index in [1.54, 1.807) is 12.1 Å². The highest BCUT2D eigenvalue weighted by Crippen LogP contribution is 2.51. The molecule has 0 spiro atoms. The van der Waals surface area contributed by atoms with E-state index in [1.165, 1.54) is 13.3 Å². The van der Waals surface area contributed by atoms with Gasteiger partial charge >= 0.3 is 5.97 Å². The summed E-state index contributed by atoms with van der Waals surface area (Å²) >= 11 is 14.7. The zero-order valence-electron chi connectivity index (χ0n) is 25.2. The third-order valence-corrected chi connectivity index (χ3v) is 9.89. The van der Waals surface area contributed by atoms with Gasteiger partial charge in [-0.05, 0) is 73.2 Å². The second kappa shape index (κ2) is 12.8. The second-order valence-electron chi connectivity index (χ2n) is 12.6. The quantitative estimate of drug-likeness (QED) is 0.220. The standard InChI is InChI=1S/C34H38Cl2N2O4S/c1-33(2,3)43-20-28(21-9-10-21)38-29(22-11-14-25(35)15-12-22)30(23-7-6-8-26(36)17-23)42-34(4,32(38)40)18-27-16-13-24(19-37-27)31(39)41-5/h6-8,11-17,19,21,28-30H,9-10,18,20H2,1-5H3/t28?,29-,30-,34-/m1/s1. The van der Waals surface area contributed by atoms with Crippen molar-refractivity contribution in [2.24, 2.45) is 5.92 Å². The van der Waals surface area contributed by atoms with Crippen LogP contribution < -0.4 is 0 Å². The Labute approximate surface area is 268 Å². The van der Waals surface area contributed by atoms with Crippen LogP contribution in [0.4, 0.5) is 0 Å². The third-order valence-electron chi connectivity index (χ3n) is 8.02. The molecular formula is C34H38Cl2N2O4S. The van der Waals surface area contributed by atoms with Gasteiger partial charge in [-0.1, -0.05) is 68.2 Å². The molecular weight excluding hydrogens is 603 g/mol. The van der Waals surface area contributed by atoms with Crippen LogP contribution in [0.25, 0.3) is 0 Å². The van der Waals surface area contributed by atoms with Crippen LogP contribution in [0.1, 0.15) is 79.9 Å². The number of amides is 1. The normalized spacial score (nSPS) is 23.2. The SMILES string of the molecule is COC(=O)c1ccc(C[C@@]2(C)O[C@H](c3cccc(Cl)c3)[C@@H](c3ccc(Cl)cc3)N(C(CSC(C)(C)C)C3CC3)C2=O)nc1. The number of hydrogen-bond donors (Lipinski definition) is 0. The smallest absolute Gasteiger partial charge is 0.339 e. The number of methoxy groups -OCH3 is 1. The van der Waals surface area contributed by atoms with E-state index in [0.717, 1.165) is 29.7 Å². The number of thioether (sulfide) groups is 1. The second-order valence-corrected chi connectivity index (χ2v) is 15.3. The lowest BCUT2D eigenvalue weighted by atomic mass is 9.85. The van der Waals surface area contributed by atoms with E-state index < -0.39 is 23.7 Å². The Morgan fingerprint density at radius 1 is 1.09 bits per heavy atom. The highest BCUT2D eigenvalue weighted by atomic mass is 35.5. The van der Waals surface area contributed by atoms with E-state index >= 15 is 0 Å². The summed E-state index contributed by atoms with van der Waals surface area (Å²) in [5.41, 5.74) is 1.61. The molecule has 1 amide bonds. The van der Waals surface area contributed by atoms with E-state index in [9.17, 15) is 9.59 Å². The van der Waals surface area contributed by atoms with Crippen LogP contribution in [0, 0.1) is 5.92 Å². The minimum atomic E-state index is -1.23. The van der Waals surface area contributed by atoms with Crippen LogP contribution in [0.2, 0.25) is 10.0 Å². The first-order valence-corrected chi connectivity index (χ1v) is 16.3. The van der Waals surface area contributed by atoms with Gasteiger partial charge in [-0.15, -0.1) is 0 Å². The van der Waals surface area contributed by atoms with E-state index in [-0.39, 0.29) is 23.1 Å². The molecule has 43 heavy (non-hydrogen) atoms. The minimum absolute atomic E-state index is 0.0111. The largest absolute Gasteiger partial charge is 0.465 e. The topological polar surface area (TPSA) is 68.7 Å². The molecule has 3 aromatic rings. The molecule has 2 heterocycles. The van der Waals surface area contributed by atoms with Crippen molar-refractivity contribution in [3.8, 4) is 0 Å². The summed E-state index contributed by atoms with van der Waals surface area (Å²) in [4.78, 5) is 33.5. The average Bonchev–Trinajstić information content (AvgIpc) is 3.81. The van der Waals surface area contributed by atoms with Crippen molar-refractivity contribution in [1.82, 2.24) is 9.88 Å². The Balaban J connectivity index is 1.62. The molecule has 1 aromatic heterocycles. The van der Waals surface area contributed by atoms with Gasteiger partial charge < -0.3 is 14.4 Å². The number of carbonyl (C=O) groups excluding carboxylic acids is 2. The van der Waals surface area contributed by atoms with Gasteiger partial charge in [0.2, 0.25) is 0 Å². The predicted octanol–water partition coefficient (Wildman–Crippen LogP) is 8.13. The molecule has 0 bridgehead atoms. The van der Waals surface area contributed by atoms with Gasteiger partial charge in [0.25, 0.3) is 5.91 Å². The molecule has 6 nitrogen and oxygen atoms in total. The Hall–Kier alpha value is -2.58. The molecule has 2 aromatic carbocycles. The number of morpholine rings is 1. The van der Waals surface area contributed by atoms with Crippen molar-refractivity contribution in [2.75, 3.05) is 12.9 Å². The van der Waals surface area contributed by atoms with Gasteiger partial charge in [0.1, 0.15) is 6.10 Å². The molecule has 5 rings (SSSR count). The number of pyridine rings is 1. The number of esters is 1. The molecule has 1 saturated heterocycles. The van der Waals surface area contributed by atoms with Gasteiger partial charge in [0.15, 0.2) is 5.60 Å². The number of benzene rings is 2. The molecule has 2 fully saturated rings. The first-order valence-electron chi connectivity index (χ1n) is 14.6. The maximum absolute atomic E-state index is 14.9. The molecule has 1 unspecified atom stereocenters. The summed E-state index contributed by atoms with van der Waals surface area (Å²) in [6.07, 6.45) is 3.38. The lowest BCUT2D eigenvalue weighted by Gasteiger charge is -2.52. The molecule has 1 saturated carbocycles. The van der Waals surface area contributed by atoms with Gasteiger partial charge in [-0.2, -0.15) is 11.8 Å². The monoisotopic (exact) mass is 640 g/mol. The summed E-state index contributed by atoms with van der Waals surface area (Å²) < 4.78 is 11.8. The fourth-order valence-electron chi connectivity index (χ4n) is 5.72. The lowest BCUT2D eigenvalue weighted by Crippen LogP contribution is -2.62. The van der Waals surface area contributed by atoms with E-state index in [2.05, 4.69) is 30.7 Å². The highest BCUT2D eigenvalue weighted by molar-refractivity contribution is 8.00. The Bertz CT molecular complexity index is 1460. The van der Waals surface area contributed by atoms with Crippen molar-refractivity contribution in [3.05, 3.63) is 99.3 Å².